The summed E-state index contributed by atoms with van der Waals surface area (Å²) < 4.78 is 5.16. The van der Waals surface area contributed by atoms with Crippen LogP contribution in [-0.2, 0) is 9.53 Å². The van der Waals surface area contributed by atoms with Crippen LogP contribution >= 0.6 is 0 Å². The molecule has 0 radical (unpaired) electrons. The Balaban J connectivity index is 2.88. The molecule has 0 fully saturated rings. The largest absolute Gasteiger partial charge is 0.464 e. The van der Waals surface area contributed by atoms with Crippen molar-refractivity contribution in [3.63, 3.8) is 0 Å². The summed E-state index contributed by atoms with van der Waals surface area (Å²) in [5.41, 5.74) is 1.47. The Morgan fingerprint density at radius 3 is 2.67 bits per heavy atom. The second kappa shape index (κ2) is 6.43. The fourth-order valence-electron chi connectivity index (χ4n) is 2.05. The van der Waals surface area contributed by atoms with E-state index in [4.69, 9.17) is 4.74 Å². The van der Waals surface area contributed by atoms with Crippen molar-refractivity contribution in [1.29, 1.82) is 0 Å². The second-order valence-corrected chi connectivity index (χ2v) is 4.80. The Morgan fingerprint density at radius 1 is 1.39 bits per heavy atom. The molecule has 0 aliphatic heterocycles. The van der Waals surface area contributed by atoms with Gasteiger partial charge in [0.1, 0.15) is 5.54 Å². The maximum atomic E-state index is 12.1. The highest BCUT2D eigenvalue weighted by Gasteiger charge is 2.33. The lowest BCUT2D eigenvalue weighted by atomic mass is 9.95. The number of hydrogen-bond donors (Lipinski definition) is 1. The van der Waals surface area contributed by atoms with Gasteiger partial charge in [0.05, 0.1) is 6.61 Å². The summed E-state index contributed by atoms with van der Waals surface area (Å²) in [6.45, 7) is 8.24. The Labute approximate surface area is 110 Å². The number of benzene rings is 1. The van der Waals surface area contributed by atoms with E-state index in [1.165, 1.54) is 5.56 Å². The van der Waals surface area contributed by atoms with E-state index in [0.29, 0.717) is 6.61 Å². The number of hydrogen-bond acceptors (Lipinski definition) is 3. The molecular formula is C15H23NO2. The highest BCUT2D eigenvalue weighted by atomic mass is 16.5. The van der Waals surface area contributed by atoms with Crippen LogP contribution in [0.4, 0.5) is 5.69 Å². The fraction of sp³-hybridized carbons (Fsp3) is 0.533. The van der Waals surface area contributed by atoms with Crippen LogP contribution in [0, 0.1) is 6.92 Å². The summed E-state index contributed by atoms with van der Waals surface area (Å²) in [6.07, 6.45) is 1.67. The highest BCUT2D eigenvalue weighted by molar-refractivity contribution is 5.84. The van der Waals surface area contributed by atoms with Gasteiger partial charge in [-0.2, -0.15) is 0 Å². The number of nitrogens with one attached hydrogen (secondary N) is 1. The fourth-order valence-corrected chi connectivity index (χ4v) is 2.05. The molecule has 0 saturated heterocycles. The lowest BCUT2D eigenvalue weighted by Crippen LogP contribution is -2.44. The van der Waals surface area contributed by atoms with Crippen molar-refractivity contribution in [1.82, 2.24) is 0 Å². The number of carbonyl (C=O) groups excluding carboxylic acids is 1. The molecule has 1 unspecified atom stereocenters. The summed E-state index contributed by atoms with van der Waals surface area (Å²) in [7, 11) is 0. The predicted molar refractivity (Wildman–Crippen MR) is 74.7 cm³/mol. The Morgan fingerprint density at radius 2 is 2.11 bits per heavy atom. The molecule has 3 nitrogen and oxygen atoms in total. The molecule has 1 N–H and O–H groups in total. The van der Waals surface area contributed by atoms with E-state index in [9.17, 15) is 4.79 Å². The lowest BCUT2D eigenvalue weighted by molar-refractivity contribution is -0.148. The number of anilines is 1. The first kappa shape index (κ1) is 14.6. The standard InChI is InChI=1S/C15H23NO2/c1-5-10-15(4,14(17)18-6-2)16-13-9-7-8-12(3)11-13/h7-9,11,16H,5-6,10H2,1-4H3. The molecule has 100 valence electrons. The molecule has 0 aromatic heterocycles. The quantitative estimate of drug-likeness (QED) is 0.784. The molecule has 3 heteroatoms. The van der Waals surface area contributed by atoms with Crippen molar-refractivity contribution in [2.45, 2.75) is 46.1 Å². The van der Waals surface area contributed by atoms with Crippen LogP contribution in [0.5, 0.6) is 0 Å². The Hall–Kier alpha value is -1.51. The van der Waals surface area contributed by atoms with Gasteiger partial charge >= 0.3 is 5.97 Å². The maximum Gasteiger partial charge on any atom is 0.331 e. The average Bonchev–Trinajstić information content (AvgIpc) is 2.29. The Kier molecular flexibility index (Phi) is 5.20. The van der Waals surface area contributed by atoms with E-state index in [1.54, 1.807) is 0 Å². The number of esters is 1. The summed E-state index contributed by atoms with van der Waals surface area (Å²) >= 11 is 0. The topological polar surface area (TPSA) is 38.3 Å². The molecule has 0 aliphatic carbocycles. The van der Waals surface area contributed by atoms with Crippen molar-refractivity contribution < 1.29 is 9.53 Å². The van der Waals surface area contributed by atoms with Crippen LogP contribution in [0.3, 0.4) is 0 Å². The summed E-state index contributed by atoms with van der Waals surface area (Å²) in [5.74, 6) is -0.187. The van der Waals surface area contributed by atoms with E-state index < -0.39 is 5.54 Å². The van der Waals surface area contributed by atoms with Gasteiger partial charge in [0.2, 0.25) is 0 Å². The second-order valence-electron chi connectivity index (χ2n) is 4.80. The molecule has 0 amide bonds. The predicted octanol–water partition coefficient (Wildman–Crippen LogP) is 3.53. The smallest absolute Gasteiger partial charge is 0.331 e. The van der Waals surface area contributed by atoms with Crippen LogP contribution in [0.25, 0.3) is 0 Å². The monoisotopic (exact) mass is 249 g/mol. The molecule has 0 heterocycles. The van der Waals surface area contributed by atoms with Gasteiger partial charge in [0, 0.05) is 5.69 Å². The Bertz CT molecular complexity index is 403. The molecule has 0 saturated carbocycles. The van der Waals surface area contributed by atoms with E-state index >= 15 is 0 Å². The third kappa shape index (κ3) is 3.76. The molecule has 0 aliphatic rings. The summed E-state index contributed by atoms with van der Waals surface area (Å²) in [5, 5.41) is 3.31. The van der Waals surface area contributed by atoms with Gasteiger partial charge in [-0.15, -0.1) is 0 Å². The van der Waals surface area contributed by atoms with Gasteiger partial charge in [-0.05, 0) is 44.9 Å². The minimum atomic E-state index is -0.654. The zero-order chi connectivity index (χ0) is 13.6. The normalized spacial score (nSPS) is 13.8. The van der Waals surface area contributed by atoms with Crippen molar-refractivity contribution in [3.8, 4) is 0 Å². The first-order valence-electron chi connectivity index (χ1n) is 6.54. The van der Waals surface area contributed by atoms with E-state index in [-0.39, 0.29) is 5.97 Å². The molecule has 0 bridgehead atoms. The number of ether oxygens (including phenoxy) is 1. The zero-order valence-electron chi connectivity index (χ0n) is 11.7. The van der Waals surface area contributed by atoms with E-state index in [1.807, 2.05) is 45.0 Å². The van der Waals surface area contributed by atoms with Crippen molar-refractivity contribution in [2.75, 3.05) is 11.9 Å². The summed E-state index contributed by atoms with van der Waals surface area (Å²) in [6, 6.07) is 8.02. The maximum absolute atomic E-state index is 12.1. The van der Waals surface area contributed by atoms with Crippen LogP contribution in [0.1, 0.15) is 39.2 Å². The third-order valence-electron chi connectivity index (χ3n) is 2.91. The summed E-state index contributed by atoms with van der Waals surface area (Å²) in [4.78, 5) is 12.1. The van der Waals surface area contributed by atoms with Gasteiger partial charge in [-0.25, -0.2) is 4.79 Å². The van der Waals surface area contributed by atoms with E-state index in [2.05, 4.69) is 12.2 Å². The molecular weight excluding hydrogens is 226 g/mol. The SMILES string of the molecule is CCCC(C)(Nc1cccc(C)c1)C(=O)OCC. The molecule has 18 heavy (non-hydrogen) atoms. The number of aryl methyl sites for hydroxylation is 1. The van der Waals surface area contributed by atoms with Crippen molar-refractivity contribution in [2.24, 2.45) is 0 Å². The molecule has 1 aromatic carbocycles. The average molecular weight is 249 g/mol. The molecule has 0 spiro atoms. The number of rotatable bonds is 6. The minimum absolute atomic E-state index is 0.187. The van der Waals surface area contributed by atoms with Gasteiger partial charge in [0.25, 0.3) is 0 Å². The highest BCUT2D eigenvalue weighted by Crippen LogP contribution is 2.22. The van der Waals surface area contributed by atoms with Crippen LogP contribution in [0.15, 0.2) is 24.3 Å². The van der Waals surface area contributed by atoms with Crippen LogP contribution < -0.4 is 5.32 Å². The lowest BCUT2D eigenvalue weighted by Gasteiger charge is -2.29. The molecule has 1 aromatic rings. The zero-order valence-corrected chi connectivity index (χ0v) is 11.7. The van der Waals surface area contributed by atoms with E-state index in [0.717, 1.165) is 18.5 Å². The number of carbonyl (C=O) groups is 1. The van der Waals surface area contributed by atoms with Gasteiger partial charge in [-0.3, -0.25) is 0 Å². The van der Waals surface area contributed by atoms with Crippen molar-refractivity contribution >= 4 is 11.7 Å². The minimum Gasteiger partial charge on any atom is -0.464 e. The first-order valence-corrected chi connectivity index (χ1v) is 6.54. The molecule has 1 atom stereocenters. The van der Waals surface area contributed by atoms with Crippen molar-refractivity contribution in [3.05, 3.63) is 29.8 Å². The third-order valence-corrected chi connectivity index (χ3v) is 2.91. The first-order chi connectivity index (χ1) is 8.51. The van der Waals surface area contributed by atoms with Crippen LogP contribution in [-0.4, -0.2) is 18.1 Å². The van der Waals surface area contributed by atoms with Crippen LogP contribution in [0.2, 0.25) is 0 Å². The van der Waals surface area contributed by atoms with Gasteiger partial charge < -0.3 is 10.1 Å². The van der Waals surface area contributed by atoms with Gasteiger partial charge in [0.15, 0.2) is 0 Å². The molecule has 1 rings (SSSR count). The van der Waals surface area contributed by atoms with Gasteiger partial charge in [-0.1, -0.05) is 25.5 Å².